The normalized spacial score (nSPS) is 18.2. The molecule has 1 heterocycles. The van der Waals surface area contributed by atoms with Crippen molar-refractivity contribution in [3.05, 3.63) is 23.3 Å². The highest BCUT2D eigenvalue weighted by Crippen LogP contribution is 2.28. The highest BCUT2D eigenvalue weighted by molar-refractivity contribution is 5.94. The van der Waals surface area contributed by atoms with E-state index in [1.54, 1.807) is 0 Å². The topological polar surface area (TPSA) is 61.4 Å². The molecule has 1 unspecified atom stereocenters. The summed E-state index contributed by atoms with van der Waals surface area (Å²) in [6.07, 6.45) is 0.878. The van der Waals surface area contributed by atoms with Gasteiger partial charge in [-0.15, -0.1) is 12.4 Å². The number of nitrogens with one attached hydrogen (secondary N) is 2. The van der Waals surface area contributed by atoms with Gasteiger partial charge in [0.25, 0.3) is 0 Å². The minimum atomic E-state index is 0. The molecule has 1 aliphatic rings. The average molecular weight is 271 g/mol. The Labute approximate surface area is 113 Å². The lowest BCUT2D eigenvalue weighted by Gasteiger charge is -2.13. The molecule has 1 amide bonds. The molecular weight excluding hydrogens is 252 g/mol. The second kappa shape index (κ2) is 6.07. The van der Waals surface area contributed by atoms with Gasteiger partial charge >= 0.3 is 0 Å². The number of amides is 1. The first kappa shape index (κ1) is 14.8. The highest BCUT2D eigenvalue weighted by Gasteiger charge is 2.23. The van der Waals surface area contributed by atoms with Gasteiger partial charge in [-0.3, -0.25) is 4.79 Å². The van der Waals surface area contributed by atoms with E-state index in [1.165, 1.54) is 0 Å². The van der Waals surface area contributed by atoms with Gasteiger partial charge in [0, 0.05) is 17.8 Å². The Bertz CT molecular complexity index is 443. The zero-order chi connectivity index (χ0) is 12.4. The molecule has 0 radical (unpaired) electrons. The molecule has 0 aliphatic carbocycles. The van der Waals surface area contributed by atoms with Crippen molar-refractivity contribution in [2.45, 2.75) is 20.3 Å². The molecule has 2 rings (SSSR count). The lowest BCUT2D eigenvalue weighted by molar-refractivity contribution is -0.119. The van der Waals surface area contributed by atoms with E-state index in [4.69, 9.17) is 0 Å². The minimum absolute atomic E-state index is 0. The molecule has 18 heavy (non-hydrogen) atoms. The standard InChI is InChI=1S/C13H18N2O2.ClH/c1-8-3-4-11(9(2)12(8)16)15-13(17)10-5-6-14-7-10;/h3-4,10,14,16H,5-7H2,1-2H3,(H,15,17);1H. The third-order valence-corrected chi connectivity index (χ3v) is 3.32. The summed E-state index contributed by atoms with van der Waals surface area (Å²) in [5.41, 5.74) is 2.25. The quantitative estimate of drug-likeness (QED) is 0.770. The van der Waals surface area contributed by atoms with Gasteiger partial charge in [0.05, 0.1) is 5.92 Å². The molecular formula is C13H19ClN2O2. The molecule has 1 atom stereocenters. The van der Waals surface area contributed by atoms with Crippen LogP contribution in [0.5, 0.6) is 5.75 Å². The van der Waals surface area contributed by atoms with Crippen molar-refractivity contribution in [2.75, 3.05) is 18.4 Å². The highest BCUT2D eigenvalue weighted by atomic mass is 35.5. The van der Waals surface area contributed by atoms with Crippen LogP contribution in [0.1, 0.15) is 17.5 Å². The van der Waals surface area contributed by atoms with Crippen molar-refractivity contribution in [3.63, 3.8) is 0 Å². The molecule has 3 N–H and O–H groups in total. The number of carbonyl (C=O) groups is 1. The van der Waals surface area contributed by atoms with Crippen LogP contribution in [0.15, 0.2) is 12.1 Å². The third kappa shape index (κ3) is 2.94. The fourth-order valence-electron chi connectivity index (χ4n) is 2.08. The van der Waals surface area contributed by atoms with Crippen LogP contribution in [0.2, 0.25) is 0 Å². The summed E-state index contributed by atoms with van der Waals surface area (Å²) >= 11 is 0. The zero-order valence-corrected chi connectivity index (χ0v) is 11.4. The maximum Gasteiger partial charge on any atom is 0.228 e. The summed E-state index contributed by atoms with van der Waals surface area (Å²) in [7, 11) is 0. The molecule has 4 nitrogen and oxygen atoms in total. The largest absolute Gasteiger partial charge is 0.507 e. The van der Waals surface area contributed by atoms with E-state index in [2.05, 4.69) is 10.6 Å². The zero-order valence-electron chi connectivity index (χ0n) is 10.6. The van der Waals surface area contributed by atoms with Crippen LogP contribution in [0.4, 0.5) is 5.69 Å². The fourth-order valence-corrected chi connectivity index (χ4v) is 2.08. The number of phenolic OH excluding ortho intramolecular Hbond substituents is 1. The van der Waals surface area contributed by atoms with Crippen LogP contribution in [-0.4, -0.2) is 24.1 Å². The minimum Gasteiger partial charge on any atom is -0.507 e. The summed E-state index contributed by atoms with van der Waals surface area (Å²) in [5, 5.41) is 15.8. The van der Waals surface area contributed by atoms with Gasteiger partial charge in [-0.25, -0.2) is 0 Å². The Hall–Kier alpha value is -1.26. The van der Waals surface area contributed by atoms with Gasteiger partial charge in [0.15, 0.2) is 0 Å². The molecule has 1 fully saturated rings. The summed E-state index contributed by atoms with van der Waals surface area (Å²) < 4.78 is 0. The van der Waals surface area contributed by atoms with Gasteiger partial charge in [0.1, 0.15) is 5.75 Å². The monoisotopic (exact) mass is 270 g/mol. The number of aryl methyl sites for hydroxylation is 1. The van der Waals surface area contributed by atoms with Crippen LogP contribution in [0.3, 0.4) is 0 Å². The Kier molecular flexibility index (Phi) is 4.99. The number of phenols is 1. The van der Waals surface area contributed by atoms with Crippen molar-refractivity contribution in [1.82, 2.24) is 5.32 Å². The molecule has 0 spiro atoms. The van der Waals surface area contributed by atoms with Crippen molar-refractivity contribution in [1.29, 1.82) is 0 Å². The number of aromatic hydroxyl groups is 1. The summed E-state index contributed by atoms with van der Waals surface area (Å²) in [5.74, 6) is 0.326. The molecule has 1 aromatic rings. The number of hydrogen-bond donors (Lipinski definition) is 3. The van der Waals surface area contributed by atoms with E-state index in [9.17, 15) is 9.90 Å². The second-order valence-corrected chi connectivity index (χ2v) is 4.58. The van der Waals surface area contributed by atoms with Crippen LogP contribution in [0.25, 0.3) is 0 Å². The Balaban J connectivity index is 0.00000162. The lowest BCUT2D eigenvalue weighted by Crippen LogP contribution is -2.24. The van der Waals surface area contributed by atoms with Crippen LogP contribution in [0, 0.1) is 19.8 Å². The van der Waals surface area contributed by atoms with Gasteiger partial charge < -0.3 is 15.7 Å². The van der Waals surface area contributed by atoms with E-state index < -0.39 is 0 Å². The lowest BCUT2D eigenvalue weighted by atomic mass is 10.1. The average Bonchev–Trinajstić information content (AvgIpc) is 2.83. The molecule has 1 aliphatic heterocycles. The van der Waals surface area contributed by atoms with E-state index >= 15 is 0 Å². The van der Waals surface area contributed by atoms with Gasteiger partial charge in [-0.2, -0.15) is 0 Å². The van der Waals surface area contributed by atoms with Gasteiger partial charge in [0.2, 0.25) is 5.91 Å². The predicted molar refractivity (Wildman–Crippen MR) is 74.4 cm³/mol. The van der Waals surface area contributed by atoms with Gasteiger partial charge in [-0.1, -0.05) is 6.07 Å². The van der Waals surface area contributed by atoms with Crippen LogP contribution in [-0.2, 0) is 4.79 Å². The number of hydrogen-bond acceptors (Lipinski definition) is 3. The van der Waals surface area contributed by atoms with E-state index in [-0.39, 0.29) is 30.0 Å². The summed E-state index contributed by atoms with van der Waals surface area (Å²) in [4.78, 5) is 11.9. The van der Waals surface area contributed by atoms with E-state index in [0.29, 0.717) is 5.69 Å². The van der Waals surface area contributed by atoms with Crippen molar-refractivity contribution >= 4 is 24.0 Å². The number of benzene rings is 1. The first-order chi connectivity index (χ1) is 8.09. The number of rotatable bonds is 2. The van der Waals surface area contributed by atoms with E-state index in [1.807, 2.05) is 26.0 Å². The van der Waals surface area contributed by atoms with Crippen LogP contribution >= 0.6 is 12.4 Å². The molecule has 1 saturated heterocycles. The first-order valence-electron chi connectivity index (χ1n) is 5.90. The molecule has 0 aromatic heterocycles. The maximum absolute atomic E-state index is 11.9. The smallest absolute Gasteiger partial charge is 0.228 e. The SMILES string of the molecule is Cc1ccc(NC(=O)C2CCNC2)c(C)c1O.Cl. The Morgan fingerprint density at radius 1 is 1.44 bits per heavy atom. The number of anilines is 1. The first-order valence-corrected chi connectivity index (χ1v) is 5.90. The molecule has 5 heteroatoms. The Morgan fingerprint density at radius 2 is 2.17 bits per heavy atom. The molecule has 0 saturated carbocycles. The van der Waals surface area contributed by atoms with Crippen molar-refractivity contribution < 1.29 is 9.90 Å². The fraction of sp³-hybridized carbons (Fsp3) is 0.462. The maximum atomic E-state index is 11.9. The molecule has 1 aromatic carbocycles. The molecule has 100 valence electrons. The van der Waals surface area contributed by atoms with Crippen molar-refractivity contribution in [2.24, 2.45) is 5.92 Å². The third-order valence-electron chi connectivity index (χ3n) is 3.32. The van der Waals surface area contributed by atoms with Gasteiger partial charge in [-0.05, 0) is 38.4 Å². The summed E-state index contributed by atoms with van der Waals surface area (Å²) in [6, 6.07) is 3.65. The van der Waals surface area contributed by atoms with Crippen molar-refractivity contribution in [3.8, 4) is 5.75 Å². The van der Waals surface area contributed by atoms with Crippen LogP contribution < -0.4 is 10.6 Å². The van der Waals surface area contributed by atoms with E-state index in [0.717, 1.165) is 30.6 Å². The second-order valence-electron chi connectivity index (χ2n) is 4.58. The molecule has 0 bridgehead atoms. The Morgan fingerprint density at radius 3 is 2.78 bits per heavy atom. The summed E-state index contributed by atoms with van der Waals surface area (Å²) in [6.45, 7) is 5.29. The predicted octanol–water partition coefficient (Wildman–Crippen LogP) is 1.98. The number of halogens is 1. The number of carbonyl (C=O) groups excluding carboxylic acids is 1.